The molecule has 0 unspecified atom stereocenters. The van der Waals surface area contributed by atoms with Crippen LogP contribution in [0.15, 0.2) is 12.1 Å². The molecule has 1 saturated carbocycles. The number of nitrogens with zero attached hydrogens (tertiary/aromatic N) is 2. The second-order valence-corrected chi connectivity index (χ2v) is 8.01. The maximum absolute atomic E-state index is 12.3. The minimum Gasteiger partial charge on any atom is -0.472 e. The minimum absolute atomic E-state index is 0.0731. The Hall–Kier alpha value is -1.76. The molecule has 0 spiro atoms. The number of carbonyl (C=O) groups is 1. The molecule has 0 atom stereocenters. The molecule has 1 aromatic heterocycles. The Balaban J connectivity index is 1.42. The summed E-state index contributed by atoms with van der Waals surface area (Å²) in [6.45, 7) is 4.01. The molecule has 2 aliphatic rings. The maximum Gasteiger partial charge on any atom is 0.272 e. The van der Waals surface area contributed by atoms with Gasteiger partial charge in [-0.2, -0.15) is 0 Å². The molecule has 1 fully saturated rings. The van der Waals surface area contributed by atoms with Gasteiger partial charge in [0.2, 0.25) is 11.8 Å². The molecule has 156 valence electrons. The lowest BCUT2D eigenvalue weighted by molar-refractivity contribution is -0.119. The average Bonchev–Trinajstić information content (AvgIpc) is 2.87. The molecule has 3 rings (SSSR count). The lowest BCUT2D eigenvalue weighted by Gasteiger charge is -2.30. The normalized spacial score (nSPS) is 23.1. The summed E-state index contributed by atoms with van der Waals surface area (Å²) in [5, 5.41) is 3.04. The van der Waals surface area contributed by atoms with Gasteiger partial charge in [-0.3, -0.25) is 4.79 Å². The van der Waals surface area contributed by atoms with Gasteiger partial charge in [0.05, 0.1) is 0 Å². The van der Waals surface area contributed by atoms with E-state index in [1.807, 2.05) is 6.07 Å². The van der Waals surface area contributed by atoms with Crippen molar-refractivity contribution >= 4 is 5.91 Å². The zero-order valence-electron chi connectivity index (χ0n) is 16.6. The van der Waals surface area contributed by atoms with Gasteiger partial charge in [0.1, 0.15) is 0 Å². The van der Waals surface area contributed by atoms with Crippen LogP contribution in [-0.4, -0.2) is 54.5 Å². The third kappa shape index (κ3) is 6.40. The van der Waals surface area contributed by atoms with Crippen molar-refractivity contribution in [2.75, 3.05) is 26.2 Å². The molecule has 2 heterocycles. The smallest absolute Gasteiger partial charge is 0.272 e. The topological polar surface area (TPSA) is 54.5 Å². The summed E-state index contributed by atoms with van der Waals surface area (Å²) < 4.78 is 29.7. The fourth-order valence-electron chi connectivity index (χ4n) is 4.31. The van der Waals surface area contributed by atoms with Crippen molar-refractivity contribution in [1.29, 1.82) is 0 Å². The molecular weight excluding hydrogens is 364 g/mol. The number of amides is 1. The lowest BCUT2D eigenvalue weighted by Crippen LogP contribution is -2.37. The second-order valence-electron chi connectivity index (χ2n) is 8.01. The number of pyridine rings is 1. The first-order valence-corrected chi connectivity index (χ1v) is 10.4. The number of rotatable bonds is 7. The quantitative estimate of drug-likeness (QED) is 0.770. The fourth-order valence-corrected chi connectivity index (χ4v) is 4.31. The third-order valence-corrected chi connectivity index (χ3v) is 5.87. The lowest BCUT2D eigenvalue weighted by atomic mass is 9.84. The summed E-state index contributed by atoms with van der Waals surface area (Å²) in [4.78, 5) is 18.1. The Bertz CT molecular complexity index is 649. The van der Waals surface area contributed by atoms with E-state index in [1.54, 1.807) is 13.0 Å². The van der Waals surface area contributed by atoms with Crippen LogP contribution in [0.2, 0.25) is 0 Å². The van der Waals surface area contributed by atoms with Crippen LogP contribution in [0.1, 0.15) is 50.3 Å². The number of aromatic nitrogens is 1. The number of alkyl halides is 2. The van der Waals surface area contributed by atoms with Crippen molar-refractivity contribution in [2.45, 2.75) is 64.3 Å². The number of fused-ring (bicyclic) bond motifs is 1. The van der Waals surface area contributed by atoms with E-state index in [9.17, 15) is 13.6 Å². The average molecular weight is 395 g/mol. The predicted molar refractivity (Wildman–Crippen MR) is 104 cm³/mol. The first kappa shape index (κ1) is 21.0. The molecule has 1 N–H and O–H groups in total. The van der Waals surface area contributed by atoms with Gasteiger partial charge in [-0.1, -0.05) is 6.07 Å². The van der Waals surface area contributed by atoms with Gasteiger partial charge in [-0.15, -0.1) is 0 Å². The van der Waals surface area contributed by atoms with Crippen molar-refractivity contribution in [3.8, 4) is 5.88 Å². The summed E-state index contributed by atoms with van der Waals surface area (Å²) in [5.41, 5.74) is 2.17. The molecule has 0 bridgehead atoms. The minimum atomic E-state index is -2.48. The first-order valence-electron chi connectivity index (χ1n) is 10.4. The van der Waals surface area contributed by atoms with Crippen molar-refractivity contribution in [3.05, 3.63) is 23.4 Å². The molecular formula is C21H31F2N3O2. The highest BCUT2D eigenvalue weighted by atomic mass is 19.3. The highest BCUT2D eigenvalue weighted by Gasteiger charge is 2.23. The SMILES string of the molecule is CC(=O)N[C@H]1CC[C@H](CCN2CCc3ccc(OCC(F)F)nc3CC2)CC1. The van der Waals surface area contributed by atoms with E-state index in [-0.39, 0.29) is 5.91 Å². The van der Waals surface area contributed by atoms with Crippen LogP contribution in [0.5, 0.6) is 5.88 Å². The Morgan fingerprint density at radius 3 is 2.71 bits per heavy atom. The molecule has 7 heteroatoms. The molecule has 0 saturated heterocycles. The van der Waals surface area contributed by atoms with Gasteiger partial charge < -0.3 is 15.0 Å². The molecule has 28 heavy (non-hydrogen) atoms. The van der Waals surface area contributed by atoms with E-state index in [0.29, 0.717) is 11.9 Å². The summed E-state index contributed by atoms with van der Waals surface area (Å²) in [6.07, 6.45) is 5.02. The van der Waals surface area contributed by atoms with E-state index in [4.69, 9.17) is 4.74 Å². The van der Waals surface area contributed by atoms with Gasteiger partial charge in [-0.05, 0) is 56.6 Å². The summed E-state index contributed by atoms with van der Waals surface area (Å²) >= 11 is 0. The van der Waals surface area contributed by atoms with Crippen LogP contribution in [-0.2, 0) is 17.6 Å². The molecule has 1 aliphatic carbocycles. The van der Waals surface area contributed by atoms with Crippen LogP contribution in [0.4, 0.5) is 8.78 Å². The molecule has 1 aliphatic heterocycles. The third-order valence-electron chi connectivity index (χ3n) is 5.87. The molecule has 1 aromatic rings. The number of nitrogens with one attached hydrogen (secondary N) is 1. The van der Waals surface area contributed by atoms with Crippen molar-refractivity contribution in [1.82, 2.24) is 15.2 Å². The number of carbonyl (C=O) groups excluding carboxylic acids is 1. The Labute approximate surface area is 165 Å². The Kier molecular flexibility index (Phi) is 7.59. The largest absolute Gasteiger partial charge is 0.472 e. The zero-order valence-corrected chi connectivity index (χ0v) is 16.6. The highest BCUT2D eigenvalue weighted by molar-refractivity contribution is 5.73. The predicted octanol–water partition coefficient (Wildman–Crippen LogP) is 3.21. The standard InChI is InChI=1S/C21H31F2N3O2/c1-15(27)24-18-5-2-16(3-6-18)8-11-26-12-9-17-4-7-21(28-14-20(22)23)25-19(17)10-13-26/h4,7,16,18,20H,2-3,5-6,8-14H2,1H3,(H,24,27)/t16-,18-. The summed E-state index contributed by atoms with van der Waals surface area (Å²) in [6, 6.07) is 4.02. The molecule has 0 aromatic carbocycles. The van der Waals surface area contributed by atoms with Gasteiger partial charge in [0.15, 0.2) is 6.61 Å². The van der Waals surface area contributed by atoms with E-state index in [0.717, 1.165) is 56.9 Å². The monoisotopic (exact) mass is 395 g/mol. The molecule has 5 nitrogen and oxygen atoms in total. The van der Waals surface area contributed by atoms with Crippen LogP contribution in [0.3, 0.4) is 0 Å². The summed E-state index contributed by atoms with van der Waals surface area (Å²) in [5.74, 6) is 1.11. The van der Waals surface area contributed by atoms with E-state index in [2.05, 4.69) is 15.2 Å². The van der Waals surface area contributed by atoms with Crippen LogP contribution < -0.4 is 10.1 Å². The number of ether oxygens (including phenoxy) is 1. The second kappa shape index (κ2) is 10.1. The van der Waals surface area contributed by atoms with Crippen LogP contribution in [0, 0.1) is 5.92 Å². The van der Waals surface area contributed by atoms with Crippen LogP contribution in [0.25, 0.3) is 0 Å². The number of halogens is 2. The Morgan fingerprint density at radius 2 is 2.00 bits per heavy atom. The fraction of sp³-hybridized carbons (Fsp3) is 0.714. The molecule has 1 amide bonds. The van der Waals surface area contributed by atoms with Gasteiger partial charge in [0.25, 0.3) is 6.43 Å². The highest BCUT2D eigenvalue weighted by Crippen LogP contribution is 2.27. The first-order chi connectivity index (χ1) is 13.5. The maximum atomic E-state index is 12.3. The number of hydrogen-bond donors (Lipinski definition) is 1. The van der Waals surface area contributed by atoms with Crippen molar-refractivity contribution < 1.29 is 18.3 Å². The van der Waals surface area contributed by atoms with Crippen molar-refractivity contribution in [3.63, 3.8) is 0 Å². The molecule has 0 radical (unpaired) electrons. The van der Waals surface area contributed by atoms with Gasteiger partial charge >= 0.3 is 0 Å². The summed E-state index contributed by atoms with van der Waals surface area (Å²) in [7, 11) is 0. The van der Waals surface area contributed by atoms with E-state index < -0.39 is 13.0 Å². The van der Waals surface area contributed by atoms with Gasteiger partial charge in [-0.25, -0.2) is 13.8 Å². The van der Waals surface area contributed by atoms with E-state index >= 15 is 0 Å². The van der Waals surface area contributed by atoms with Crippen LogP contribution >= 0.6 is 0 Å². The van der Waals surface area contributed by atoms with E-state index in [1.165, 1.54) is 24.8 Å². The zero-order chi connectivity index (χ0) is 19.9. The van der Waals surface area contributed by atoms with Crippen molar-refractivity contribution in [2.24, 2.45) is 5.92 Å². The Morgan fingerprint density at radius 1 is 1.25 bits per heavy atom. The van der Waals surface area contributed by atoms with Gasteiger partial charge in [0, 0.05) is 44.2 Å². The number of hydrogen-bond acceptors (Lipinski definition) is 4.